The molecule has 6 heteroatoms. The second-order valence-electron chi connectivity index (χ2n) is 5.14. The van der Waals surface area contributed by atoms with Crippen LogP contribution in [0.1, 0.15) is 16.7 Å². The van der Waals surface area contributed by atoms with E-state index in [1.807, 2.05) is 16.8 Å². The molecule has 0 saturated heterocycles. The highest BCUT2D eigenvalue weighted by atomic mass is 16.5. The first-order chi connectivity index (χ1) is 10.6. The molecule has 114 valence electrons. The molecular formula is C16H18N4O2. The Morgan fingerprint density at radius 2 is 1.82 bits per heavy atom. The van der Waals surface area contributed by atoms with Crippen LogP contribution in [0, 0.1) is 13.8 Å². The molecule has 2 aromatic heterocycles. The molecule has 0 amide bonds. The predicted molar refractivity (Wildman–Crippen MR) is 83.4 cm³/mol. The van der Waals surface area contributed by atoms with Crippen LogP contribution in [0.2, 0.25) is 0 Å². The minimum Gasteiger partial charge on any atom is -0.477 e. The molecule has 0 saturated carbocycles. The van der Waals surface area contributed by atoms with E-state index in [4.69, 9.17) is 9.47 Å². The third kappa shape index (κ3) is 2.36. The fourth-order valence-corrected chi connectivity index (χ4v) is 2.49. The number of imidazole rings is 1. The summed E-state index contributed by atoms with van der Waals surface area (Å²) in [5, 5.41) is 0. The second-order valence-corrected chi connectivity index (χ2v) is 5.14. The van der Waals surface area contributed by atoms with Gasteiger partial charge in [-0.2, -0.15) is 0 Å². The summed E-state index contributed by atoms with van der Waals surface area (Å²) in [6, 6.07) is 2.02. The van der Waals surface area contributed by atoms with Crippen LogP contribution in [0.3, 0.4) is 0 Å². The van der Waals surface area contributed by atoms with Gasteiger partial charge in [-0.05, 0) is 31.0 Å². The van der Waals surface area contributed by atoms with Crippen molar-refractivity contribution in [2.45, 2.75) is 20.4 Å². The Morgan fingerprint density at radius 3 is 2.45 bits per heavy atom. The van der Waals surface area contributed by atoms with Crippen LogP contribution < -0.4 is 9.47 Å². The lowest BCUT2D eigenvalue weighted by Gasteiger charge is -2.14. The van der Waals surface area contributed by atoms with Gasteiger partial charge >= 0.3 is 0 Å². The number of hydrogen-bond donors (Lipinski definition) is 0. The lowest BCUT2D eigenvalue weighted by atomic mass is 10.0. The first-order valence-electron chi connectivity index (χ1n) is 6.98. The van der Waals surface area contributed by atoms with Gasteiger partial charge in [-0.3, -0.25) is 0 Å². The van der Waals surface area contributed by atoms with E-state index in [9.17, 15) is 0 Å². The minimum absolute atomic E-state index is 0.394. The van der Waals surface area contributed by atoms with E-state index in [0.717, 1.165) is 16.6 Å². The van der Waals surface area contributed by atoms with E-state index in [2.05, 4.69) is 28.8 Å². The zero-order valence-electron chi connectivity index (χ0n) is 13.1. The molecular weight excluding hydrogens is 280 g/mol. The van der Waals surface area contributed by atoms with E-state index in [-0.39, 0.29) is 0 Å². The number of fused-ring (bicyclic) bond motifs is 1. The zero-order valence-corrected chi connectivity index (χ0v) is 13.1. The predicted octanol–water partition coefficient (Wildman–Crippen LogP) is 2.51. The van der Waals surface area contributed by atoms with Crippen molar-refractivity contribution in [3.63, 3.8) is 0 Å². The normalized spacial score (nSPS) is 10.9. The highest BCUT2D eigenvalue weighted by Gasteiger charge is 2.16. The summed E-state index contributed by atoms with van der Waals surface area (Å²) < 4.78 is 12.5. The molecule has 0 aliphatic rings. The molecule has 0 atom stereocenters. The molecule has 3 rings (SSSR count). The zero-order chi connectivity index (χ0) is 15.7. The van der Waals surface area contributed by atoms with Crippen LogP contribution in [-0.2, 0) is 6.54 Å². The van der Waals surface area contributed by atoms with E-state index in [1.165, 1.54) is 11.1 Å². The van der Waals surface area contributed by atoms with Crippen molar-refractivity contribution in [3.8, 4) is 11.8 Å². The highest BCUT2D eigenvalue weighted by Crippen LogP contribution is 2.30. The van der Waals surface area contributed by atoms with Crippen molar-refractivity contribution in [2.24, 2.45) is 0 Å². The molecule has 2 heterocycles. The summed E-state index contributed by atoms with van der Waals surface area (Å²) >= 11 is 0. The SMILES string of the molecule is COc1nc2cc(C)c(C)c(Cn3ccnc3)c2nc1OC. The number of ether oxygens (including phenoxy) is 2. The maximum Gasteiger partial charge on any atom is 0.278 e. The highest BCUT2D eigenvalue weighted by molar-refractivity contribution is 5.81. The van der Waals surface area contributed by atoms with Crippen molar-refractivity contribution in [1.29, 1.82) is 0 Å². The molecule has 0 fully saturated rings. The van der Waals surface area contributed by atoms with E-state index >= 15 is 0 Å². The van der Waals surface area contributed by atoms with Gasteiger partial charge in [0.15, 0.2) is 0 Å². The quantitative estimate of drug-likeness (QED) is 0.740. The topological polar surface area (TPSA) is 62.1 Å². The Bertz CT molecular complexity index is 813. The molecule has 0 bridgehead atoms. The third-order valence-corrected chi connectivity index (χ3v) is 3.83. The van der Waals surface area contributed by atoms with Crippen molar-refractivity contribution in [1.82, 2.24) is 19.5 Å². The summed E-state index contributed by atoms with van der Waals surface area (Å²) in [5.74, 6) is 0.789. The van der Waals surface area contributed by atoms with E-state index in [1.54, 1.807) is 26.7 Å². The number of methoxy groups -OCH3 is 2. The summed E-state index contributed by atoms with van der Waals surface area (Å²) in [7, 11) is 3.13. The molecule has 22 heavy (non-hydrogen) atoms. The molecule has 6 nitrogen and oxygen atoms in total. The number of hydrogen-bond acceptors (Lipinski definition) is 5. The van der Waals surface area contributed by atoms with Gasteiger partial charge < -0.3 is 14.0 Å². The summed E-state index contributed by atoms with van der Waals surface area (Å²) in [6.07, 6.45) is 5.49. The molecule has 0 unspecified atom stereocenters. The Kier molecular flexibility index (Phi) is 3.66. The molecule has 0 aliphatic carbocycles. The average Bonchev–Trinajstić information content (AvgIpc) is 3.03. The van der Waals surface area contributed by atoms with Gasteiger partial charge in [0.1, 0.15) is 0 Å². The summed E-state index contributed by atoms with van der Waals surface area (Å²) in [5.41, 5.74) is 5.11. The molecule has 0 radical (unpaired) electrons. The van der Waals surface area contributed by atoms with Gasteiger partial charge in [-0.15, -0.1) is 0 Å². The lowest BCUT2D eigenvalue weighted by Crippen LogP contribution is -2.05. The monoisotopic (exact) mass is 298 g/mol. The second kappa shape index (κ2) is 5.63. The fourth-order valence-electron chi connectivity index (χ4n) is 2.49. The molecule has 0 spiro atoms. The first-order valence-corrected chi connectivity index (χ1v) is 6.98. The van der Waals surface area contributed by atoms with Crippen molar-refractivity contribution in [3.05, 3.63) is 41.5 Å². The average molecular weight is 298 g/mol. The minimum atomic E-state index is 0.394. The standard InChI is InChI=1S/C16H18N4O2/c1-10-7-13-14(19-16(22-4)15(18-13)21-3)12(11(10)2)8-20-6-5-17-9-20/h5-7,9H,8H2,1-4H3. The smallest absolute Gasteiger partial charge is 0.278 e. The maximum atomic E-state index is 5.29. The van der Waals surface area contributed by atoms with Crippen molar-refractivity contribution in [2.75, 3.05) is 14.2 Å². The number of aromatic nitrogens is 4. The van der Waals surface area contributed by atoms with Crippen molar-refractivity contribution < 1.29 is 9.47 Å². The lowest BCUT2D eigenvalue weighted by molar-refractivity contribution is 0.334. The van der Waals surface area contributed by atoms with Crippen LogP contribution >= 0.6 is 0 Å². The Hall–Kier alpha value is -2.63. The van der Waals surface area contributed by atoms with Gasteiger partial charge in [0.2, 0.25) is 0 Å². The Morgan fingerprint density at radius 1 is 1.09 bits per heavy atom. The molecule has 3 aromatic rings. The molecule has 0 N–H and O–H groups in total. The number of rotatable bonds is 4. The Balaban J connectivity index is 2.25. The Labute approximate surface area is 128 Å². The maximum absolute atomic E-state index is 5.29. The van der Waals surface area contributed by atoms with Crippen LogP contribution in [0.5, 0.6) is 11.8 Å². The first kappa shape index (κ1) is 14.3. The van der Waals surface area contributed by atoms with Crippen molar-refractivity contribution >= 4 is 11.0 Å². The van der Waals surface area contributed by atoms with E-state index < -0.39 is 0 Å². The summed E-state index contributed by atoms with van der Waals surface area (Å²) in [6.45, 7) is 4.86. The molecule has 0 aliphatic heterocycles. The van der Waals surface area contributed by atoms with Crippen LogP contribution in [0.25, 0.3) is 11.0 Å². The van der Waals surface area contributed by atoms with Crippen LogP contribution in [0.4, 0.5) is 0 Å². The number of benzene rings is 1. The number of aryl methyl sites for hydroxylation is 1. The van der Waals surface area contributed by atoms with Gasteiger partial charge in [0.25, 0.3) is 11.8 Å². The van der Waals surface area contributed by atoms with Gasteiger partial charge in [0.05, 0.1) is 38.1 Å². The van der Waals surface area contributed by atoms with Gasteiger partial charge in [0, 0.05) is 18.0 Å². The summed E-state index contributed by atoms with van der Waals surface area (Å²) in [4.78, 5) is 13.2. The third-order valence-electron chi connectivity index (χ3n) is 3.83. The molecule has 1 aromatic carbocycles. The van der Waals surface area contributed by atoms with Gasteiger partial charge in [-0.25, -0.2) is 15.0 Å². The van der Waals surface area contributed by atoms with E-state index in [0.29, 0.717) is 18.3 Å². The van der Waals surface area contributed by atoms with Crippen LogP contribution in [-0.4, -0.2) is 33.7 Å². The number of nitrogens with zero attached hydrogens (tertiary/aromatic N) is 4. The largest absolute Gasteiger partial charge is 0.477 e. The van der Waals surface area contributed by atoms with Gasteiger partial charge in [-0.1, -0.05) is 0 Å². The fraction of sp³-hybridized carbons (Fsp3) is 0.312. The van der Waals surface area contributed by atoms with Crippen LogP contribution in [0.15, 0.2) is 24.8 Å².